The first kappa shape index (κ1) is 28.9. The van der Waals surface area contributed by atoms with Gasteiger partial charge in [0.25, 0.3) is 0 Å². The van der Waals surface area contributed by atoms with Crippen LogP contribution in [0.3, 0.4) is 0 Å². The number of rotatable bonds is 10. The molecular weight excluding hydrogens is 462 g/mol. The molecule has 3 atom stereocenters. The average molecular weight is 510 g/mol. The van der Waals surface area contributed by atoms with Gasteiger partial charge in [-0.05, 0) is 57.9 Å². The van der Waals surface area contributed by atoms with Crippen LogP contribution in [-0.4, -0.2) is 56.2 Å². The molecule has 9 heteroatoms. The number of likely N-dealkylation sites (tertiary alicyclic amines) is 1. The first-order chi connectivity index (χ1) is 15.4. The Morgan fingerprint density at radius 2 is 1.71 bits per heavy atom. The lowest BCUT2D eigenvalue weighted by molar-refractivity contribution is -0.204. The Kier molecular flexibility index (Phi) is 8.82. The Bertz CT molecular complexity index is 886. The first-order valence-electron chi connectivity index (χ1n) is 12.6. The molecule has 0 aromatic carbocycles. The fraction of sp³-hybridized carbons (Fsp3) is 0.800. The van der Waals surface area contributed by atoms with Crippen LogP contribution in [0.15, 0.2) is 6.07 Å². The molecule has 1 unspecified atom stereocenters. The summed E-state index contributed by atoms with van der Waals surface area (Å²) in [6, 6.07) is 1.68. The van der Waals surface area contributed by atoms with Gasteiger partial charge in [-0.2, -0.15) is 5.10 Å². The number of Topliss-reactive ketones (excluding diaryl/α,β-unsaturated/α-hetero) is 1. The van der Waals surface area contributed by atoms with Crippen LogP contribution < -0.4 is 0 Å². The number of hydrogen-bond acceptors (Lipinski definition) is 5. The number of β-lactam (4-membered cyclic amide) rings is 1. The Labute approximate surface area is 210 Å². The normalized spacial score (nSPS) is 20.0. The molecule has 2 heterocycles. The quantitative estimate of drug-likeness (QED) is 0.250. The van der Waals surface area contributed by atoms with E-state index >= 15 is 0 Å². The third-order valence-corrected chi connectivity index (χ3v) is 8.27. The number of carbonyl (C=O) groups is 2. The minimum absolute atomic E-state index is 0.0429. The predicted octanol–water partition coefficient (Wildman–Crippen LogP) is 5.06. The number of nitrogens with zero attached hydrogens (tertiary/aromatic N) is 3. The van der Waals surface area contributed by atoms with Crippen molar-refractivity contribution in [1.29, 1.82) is 0 Å². The maximum absolute atomic E-state index is 13.3. The van der Waals surface area contributed by atoms with Crippen LogP contribution >= 0.6 is 0 Å². The molecule has 0 radical (unpaired) electrons. The van der Waals surface area contributed by atoms with Crippen LogP contribution in [0.4, 0.5) is 0 Å². The Morgan fingerprint density at radius 1 is 1.12 bits per heavy atom. The van der Waals surface area contributed by atoms with Gasteiger partial charge in [0.15, 0.2) is 23.9 Å². The van der Waals surface area contributed by atoms with Gasteiger partial charge < -0.3 is 13.8 Å². The van der Waals surface area contributed by atoms with E-state index in [-0.39, 0.29) is 41.2 Å². The lowest BCUT2D eigenvalue weighted by Gasteiger charge is -2.57. The van der Waals surface area contributed by atoms with E-state index in [2.05, 4.69) is 67.7 Å². The van der Waals surface area contributed by atoms with Crippen molar-refractivity contribution in [2.24, 2.45) is 10.8 Å². The van der Waals surface area contributed by atoms with Crippen molar-refractivity contribution >= 4 is 29.8 Å². The lowest BCUT2D eigenvalue weighted by Crippen LogP contribution is -2.69. The standard InChI is InChI=1S/C25H47N3O4Si2/c1-17-13-19(26-28(17)22(31-33(9)10)16-23(2,3)4)20(29)14-18-15-21(30)27(18)25(8,24(5,6)7)32-34(11)12/h13,18,22,33-34H,14-16H2,1-12H3/t18-,22?,25-/m1/s1. The molecule has 0 bridgehead atoms. The molecular formula is C25H47N3O4Si2. The van der Waals surface area contributed by atoms with E-state index in [9.17, 15) is 9.59 Å². The molecule has 2 rings (SSSR count). The fourth-order valence-electron chi connectivity index (χ4n) is 4.55. The van der Waals surface area contributed by atoms with Gasteiger partial charge in [-0.15, -0.1) is 0 Å². The number of amides is 1. The highest BCUT2D eigenvalue weighted by Crippen LogP contribution is 2.44. The van der Waals surface area contributed by atoms with Crippen LogP contribution in [0.5, 0.6) is 0 Å². The second kappa shape index (κ2) is 10.4. The van der Waals surface area contributed by atoms with E-state index in [1.165, 1.54) is 0 Å². The van der Waals surface area contributed by atoms with Crippen molar-refractivity contribution in [3.63, 3.8) is 0 Å². The largest absolute Gasteiger partial charge is 0.399 e. The van der Waals surface area contributed by atoms with E-state index in [0.29, 0.717) is 12.1 Å². The van der Waals surface area contributed by atoms with E-state index in [0.717, 1.165) is 12.1 Å². The highest BCUT2D eigenvalue weighted by Gasteiger charge is 2.54. The van der Waals surface area contributed by atoms with Gasteiger partial charge in [0.05, 0.1) is 6.04 Å². The molecule has 7 nitrogen and oxygen atoms in total. The second-order valence-corrected chi connectivity index (χ2v) is 17.4. The number of aromatic nitrogens is 2. The summed E-state index contributed by atoms with van der Waals surface area (Å²) in [5, 5.41) is 4.70. The minimum Gasteiger partial charge on any atom is -0.399 e. The van der Waals surface area contributed by atoms with Crippen molar-refractivity contribution in [3.8, 4) is 0 Å². The Morgan fingerprint density at radius 3 is 2.15 bits per heavy atom. The monoisotopic (exact) mass is 509 g/mol. The predicted molar refractivity (Wildman–Crippen MR) is 142 cm³/mol. The first-order valence-corrected chi connectivity index (χ1v) is 18.2. The molecule has 0 spiro atoms. The topological polar surface area (TPSA) is 73.7 Å². The molecule has 1 aromatic rings. The van der Waals surface area contributed by atoms with Gasteiger partial charge >= 0.3 is 0 Å². The molecule has 1 aliphatic rings. The summed E-state index contributed by atoms with van der Waals surface area (Å²) < 4.78 is 14.6. The van der Waals surface area contributed by atoms with Crippen molar-refractivity contribution in [3.05, 3.63) is 17.5 Å². The number of ketones is 1. The number of carbonyl (C=O) groups excluding carboxylic acids is 2. The summed E-state index contributed by atoms with van der Waals surface area (Å²) in [4.78, 5) is 27.9. The van der Waals surface area contributed by atoms with Gasteiger partial charge in [-0.3, -0.25) is 9.59 Å². The summed E-state index contributed by atoms with van der Waals surface area (Å²) in [7, 11) is -2.74. The summed E-state index contributed by atoms with van der Waals surface area (Å²) >= 11 is 0. The van der Waals surface area contributed by atoms with Crippen molar-refractivity contribution < 1.29 is 18.4 Å². The van der Waals surface area contributed by atoms with Gasteiger partial charge in [0.1, 0.15) is 17.6 Å². The molecule has 0 aliphatic carbocycles. The van der Waals surface area contributed by atoms with Gasteiger partial charge in [0, 0.05) is 24.0 Å². The molecule has 0 saturated carbocycles. The van der Waals surface area contributed by atoms with Crippen molar-refractivity contribution in [2.75, 3.05) is 0 Å². The fourth-order valence-corrected chi connectivity index (χ4v) is 6.78. The van der Waals surface area contributed by atoms with Crippen LogP contribution in [0, 0.1) is 17.8 Å². The number of aryl methyl sites for hydroxylation is 1. The summed E-state index contributed by atoms with van der Waals surface area (Å²) in [5.41, 5.74) is 0.415. The summed E-state index contributed by atoms with van der Waals surface area (Å²) in [6.07, 6.45) is 1.26. The summed E-state index contributed by atoms with van der Waals surface area (Å²) in [6.45, 7) is 25.3. The Hall–Kier alpha value is -1.30. The molecule has 194 valence electrons. The molecule has 1 aromatic heterocycles. The summed E-state index contributed by atoms with van der Waals surface area (Å²) in [5.74, 6) is 0.00539. The second-order valence-electron chi connectivity index (χ2n) is 12.7. The van der Waals surface area contributed by atoms with E-state index in [4.69, 9.17) is 14.0 Å². The third-order valence-electron chi connectivity index (χ3n) is 6.48. The van der Waals surface area contributed by atoms with Crippen molar-refractivity contribution in [2.45, 2.75) is 119 Å². The highest BCUT2D eigenvalue weighted by molar-refractivity contribution is 6.48. The molecule has 1 aliphatic heterocycles. The van der Waals surface area contributed by atoms with Gasteiger partial charge in [-0.25, -0.2) is 4.68 Å². The molecule has 1 saturated heterocycles. The zero-order valence-electron chi connectivity index (χ0n) is 23.5. The van der Waals surface area contributed by atoms with Gasteiger partial charge in [0.2, 0.25) is 5.91 Å². The zero-order valence-corrected chi connectivity index (χ0v) is 25.8. The third kappa shape index (κ3) is 6.68. The number of hydrogen-bond donors (Lipinski definition) is 0. The maximum atomic E-state index is 13.3. The molecule has 1 fully saturated rings. The van der Waals surface area contributed by atoms with Gasteiger partial charge in [-0.1, -0.05) is 41.5 Å². The minimum atomic E-state index is -1.43. The van der Waals surface area contributed by atoms with E-state index < -0.39 is 23.8 Å². The molecule has 0 N–H and O–H groups in total. The highest BCUT2D eigenvalue weighted by atomic mass is 28.3. The molecule has 1 amide bonds. The van der Waals surface area contributed by atoms with E-state index in [1.54, 1.807) is 0 Å². The lowest BCUT2D eigenvalue weighted by atomic mass is 9.79. The van der Waals surface area contributed by atoms with Crippen LogP contribution in [0.25, 0.3) is 0 Å². The van der Waals surface area contributed by atoms with Crippen molar-refractivity contribution in [1.82, 2.24) is 14.7 Å². The molecule has 34 heavy (non-hydrogen) atoms. The van der Waals surface area contributed by atoms with Crippen LogP contribution in [0.2, 0.25) is 26.2 Å². The Balaban J connectivity index is 2.26. The van der Waals surface area contributed by atoms with Crippen LogP contribution in [0.1, 0.15) is 90.1 Å². The van der Waals surface area contributed by atoms with Crippen LogP contribution in [-0.2, 0) is 13.6 Å². The smallest absolute Gasteiger partial charge is 0.227 e. The van der Waals surface area contributed by atoms with E-state index in [1.807, 2.05) is 29.5 Å². The SMILES string of the molecule is Cc1cc(C(=O)C[C@@H]2CC(=O)N2[C@](C)(O[SiH](C)C)C(C)(C)C)nn1C(CC(C)(C)C)O[SiH](C)C. The zero-order chi connectivity index (χ0) is 26.2. The maximum Gasteiger partial charge on any atom is 0.227 e. The average Bonchev–Trinajstić information content (AvgIpc) is 2.99.